The third-order valence-corrected chi connectivity index (χ3v) is 12.5. The van der Waals surface area contributed by atoms with Gasteiger partial charge in [0.1, 0.15) is 5.75 Å². The van der Waals surface area contributed by atoms with Gasteiger partial charge in [-0.1, -0.05) is 117 Å². The molecular formula is C34H41ClO4Si. The van der Waals surface area contributed by atoms with Gasteiger partial charge in [0.2, 0.25) is 0 Å². The van der Waals surface area contributed by atoms with Crippen molar-refractivity contribution in [2.24, 2.45) is 0 Å². The second-order valence-corrected chi connectivity index (χ2v) is 15.9. The lowest BCUT2D eigenvalue weighted by molar-refractivity contribution is 0.198. The van der Waals surface area contributed by atoms with E-state index in [9.17, 15) is 15.3 Å². The van der Waals surface area contributed by atoms with E-state index in [1.165, 1.54) is 16.4 Å². The summed E-state index contributed by atoms with van der Waals surface area (Å²) in [4.78, 5) is 0. The summed E-state index contributed by atoms with van der Waals surface area (Å²) in [5, 5.41) is 33.2. The van der Waals surface area contributed by atoms with E-state index in [1.807, 2.05) is 49.4 Å². The molecule has 1 atom stereocenters. The smallest absolute Gasteiger partial charge is 0.261 e. The van der Waals surface area contributed by atoms with E-state index in [0.29, 0.717) is 29.0 Å². The molecule has 3 aromatic carbocycles. The summed E-state index contributed by atoms with van der Waals surface area (Å²) in [7, 11) is -2.78. The van der Waals surface area contributed by atoms with Gasteiger partial charge in [0.05, 0.1) is 24.3 Å². The van der Waals surface area contributed by atoms with E-state index in [0.717, 1.165) is 11.1 Å². The molecule has 6 heteroatoms. The van der Waals surface area contributed by atoms with Crippen LogP contribution in [0.2, 0.25) is 10.1 Å². The molecule has 0 aliphatic carbocycles. The van der Waals surface area contributed by atoms with E-state index in [1.54, 1.807) is 18.2 Å². The van der Waals surface area contributed by atoms with Crippen molar-refractivity contribution in [1.29, 1.82) is 0 Å². The van der Waals surface area contributed by atoms with Crippen LogP contribution in [0, 0.1) is 0 Å². The molecule has 0 spiro atoms. The number of aromatic hydroxyl groups is 1. The molecular weight excluding hydrogens is 536 g/mol. The fourth-order valence-corrected chi connectivity index (χ4v) is 9.92. The highest BCUT2D eigenvalue weighted by Crippen LogP contribution is 2.37. The summed E-state index contributed by atoms with van der Waals surface area (Å²) in [6.45, 7) is 12.9. The number of aliphatic hydroxyl groups is 2. The van der Waals surface area contributed by atoms with Gasteiger partial charge in [-0.3, -0.25) is 0 Å². The molecule has 212 valence electrons. The van der Waals surface area contributed by atoms with Crippen molar-refractivity contribution >= 4 is 36.4 Å². The van der Waals surface area contributed by atoms with E-state index < -0.39 is 14.4 Å². The molecule has 0 bridgehead atoms. The average molecular weight is 577 g/mol. The number of aliphatic hydroxyl groups excluding tert-OH is 2. The van der Waals surface area contributed by atoms with Gasteiger partial charge < -0.3 is 19.7 Å². The fraction of sp³-hybridized carbons (Fsp3) is 0.294. The van der Waals surface area contributed by atoms with E-state index >= 15 is 0 Å². The monoisotopic (exact) mass is 576 g/mol. The SMILES string of the molecule is C=C(CO[Si](c1ccccc1)(c1ccccc1)C(C)(C)C)/C(=C/CO)C(O)CC/C(C)=C/c1ccc(O)cc1Cl. The highest BCUT2D eigenvalue weighted by atomic mass is 35.5. The van der Waals surface area contributed by atoms with Gasteiger partial charge in [-0.2, -0.15) is 0 Å². The topological polar surface area (TPSA) is 69.9 Å². The molecule has 3 aromatic rings. The van der Waals surface area contributed by atoms with Gasteiger partial charge in [-0.25, -0.2) is 0 Å². The summed E-state index contributed by atoms with van der Waals surface area (Å²) in [5.74, 6) is 0.118. The van der Waals surface area contributed by atoms with Crippen LogP contribution in [0.3, 0.4) is 0 Å². The number of allylic oxidation sites excluding steroid dienone is 1. The van der Waals surface area contributed by atoms with E-state index in [2.05, 4.69) is 51.6 Å². The Morgan fingerprint density at radius 2 is 1.57 bits per heavy atom. The number of hydrogen-bond acceptors (Lipinski definition) is 4. The predicted octanol–water partition coefficient (Wildman–Crippen LogP) is 6.64. The Morgan fingerprint density at radius 3 is 2.08 bits per heavy atom. The Balaban J connectivity index is 1.82. The first kappa shape index (κ1) is 31.6. The zero-order valence-corrected chi connectivity index (χ0v) is 25.7. The lowest BCUT2D eigenvalue weighted by Gasteiger charge is -2.43. The number of hydrogen-bond donors (Lipinski definition) is 3. The minimum atomic E-state index is -2.78. The van der Waals surface area contributed by atoms with Crippen LogP contribution in [-0.2, 0) is 4.43 Å². The standard InChI is InChI=1S/C34H41ClO4Si/c1-25(22-27-17-18-28(37)23-32(27)35)16-19-33(38)31(20-21-36)26(2)24-39-40(34(3,4)5,29-12-8-6-9-13-29)30-14-10-7-11-15-30/h6-15,17-18,20,22-23,33,36-38H,2,16,19,21,24H2,1,3-5H3/b25-22+,31-20-. The highest BCUT2D eigenvalue weighted by Gasteiger charge is 2.50. The Hall–Kier alpha value is -2.93. The lowest BCUT2D eigenvalue weighted by atomic mass is 9.96. The first-order chi connectivity index (χ1) is 19.0. The molecule has 0 saturated heterocycles. The largest absolute Gasteiger partial charge is 0.508 e. The molecule has 4 nitrogen and oxygen atoms in total. The number of halogens is 1. The zero-order valence-electron chi connectivity index (χ0n) is 23.9. The van der Waals surface area contributed by atoms with Gasteiger partial charge in [0.25, 0.3) is 8.32 Å². The lowest BCUT2D eigenvalue weighted by Crippen LogP contribution is -2.66. The van der Waals surface area contributed by atoms with Crippen LogP contribution in [0.5, 0.6) is 5.75 Å². The first-order valence-corrected chi connectivity index (χ1v) is 15.9. The van der Waals surface area contributed by atoms with Gasteiger partial charge in [-0.05, 0) is 70.1 Å². The summed E-state index contributed by atoms with van der Waals surface area (Å²) < 4.78 is 6.99. The van der Waals surface area contributed by atoms with Crippen molar-refractivity contribution in [2.75, 3.05) is 13.2 Å². The second kappa shape index (κ2) is 14.1. The van der Waals surface area contributed by atoms with Crippen molar-refractivity contribution in [2.45, 2.75) is 51.7 Å². The Labute approximate surface area is 245 Å². The number of phenols is 1. The third kappa shape index (κ3) is 7.62. The van der Waals surface area contributed by atoms with Gasteiger partial charge in [0, 0.05) is 0 Å². The average Bonchev–Trinajstić information content (AvgIpc) is 2.92. The Kier molecular flexibility index (Phi) is 11.1. The molecule has 3 rings (SSSR count). The molecule has 40 heavy (non-hydrogen) atoms. The Bertz CT molecular complexity index is 1290. The minimum absolute atomic E-state index is 0.118. The van der Waals surface area contributed by atoms with Crippen molar-refractivity contribution in [3.63, 3.8) is 0 Å². The second-order valence-electron chi connectivity index (χ2n) is 11.1. The molecule has 0 aromatic heterocycles. The molecule has 0 amide bonds. The Morgan fingerprint density at radius 1 is 1.00 bits per heavy atom. The van der Waals surface area contributed by atoms with Gasteiger partial charge in [-0.15, -0.1) is 0 Å². The quantitative estimate of drug-likeness (QED) is 0.167. The molecule has 0 heterocycles. The van der Waals surface area contributed by atoms with E-state index in [-0.39, 0.29) is 24.0 Å². The summed E-state index contributed by atoms with van der Waals surface area (Å²) >= 11 is 6.25. The molecule has 0 saturated carbocycles. The molecule has 0 fully saturated rings. The van der Waals surface area contributed by atoms with Gasteiger partial charge in [0.15, 0.2) is 0 Å². The summed E-state index contributed by atoms with van der Waals surface area (Å²) in [5.41, 5.74) is 3.08. The van der Waals surface area contributed by atoms with Crippen LogP contribution in [0.1, 0.15) is 46.1 Å². The maximum absolute atomic E-state index is 11.2. The van der Waals surface area contributed by atoms with Crippen LogP contribution in [0.15, 0.2) is 108 Å². The van der Waals surface area contributed by atoms with Crippen LogP contribution in [0.25, 0.3) is 6.08 Å². The molecule has 0 radical (unpaired) electrons. The van der Waals surface area contributed by atoms with E-state index in [4.69, 9.17) is 16.0 Å². The zero-order chi connectivity index (χ0) is 29.3. The fourth-order valence-electron chi connectivity index (χ4n) is 5.15. The highest BCUT2D eigenvalue weighted by molar-refractivity contribution is 6.99. The predicted molar refractivity (Wildman–Crippen MR) is 170 cm³/mol. The maximum Gasteiger partial charge on any atom is 0.261 e. The third-order valence-electron chi connectivity index (χ3n) is 7.16. The summed E-state index contributed by atoms with van der Waals surface area (Å²) in [6, 6.07) is 25.6. The molecule has 1 unspecified atom stereocenters. The van der Waals surface area contributed by atoms with Crippen molar-refractivity contribution < 1.29 is 19.7 Å². The van der Waals surface area contributed by atoms with Crippen molar-refractivity contribution in [1.82, 2.24) is 0 Å². The summed E-state index contributed by atoms with van der Waals surface area (Å²) in [6.07, 6.45) is 3.82. The van der Waals surface area contributed by atoms with Crippen LogP contribution >= 0.6 is 11.6 Å². The molecule has 0 aliphatic rings. The molecule has 3 N–H and O–H groups in total. The van der Waals surface area contributed by atoms with Gasteiger partial charge >= 0.3 is 0 Å². The minimum Gasteiger partial charge on any atom is -0.508 e. The van der Waals surface area contributed by atoms with Crippen LogP contribution in [-0.4, -0.2) is 43.0 Å². The van der Waals surface area contributed by atoms with Crippen LogP contribution in [0.4, 0.5) is 0 Å². The van der Waals surface area contributed by atoms with Crippen molar-refractivity contribution in [3.05, 3.63) is 119 Å². The maximum atomic E-state index is 11.2. The molecule has 0 aliphatic heterocycles. The van der Waals surface area contributed by atoms with Crippen LogP contribution < -0.4 is 10.4 Å². The first-order valence-electron chi connectivity index (χ1n) is 13.6. The number of benzene rings is 3. The number of phenolic OH excluding ortho intramolecular Hbond substituents is 1. The van der Waals surface area contributed by atoms with Crippen molar-refractivity contribution in [3.8, 4) is 5.75 Å². The normalized spacial score (nSPS) is 13.8. The number of rotatable bonds is 12.